The zero-order valence-corrected chi connectivity index (χ0v) is 11.8. The second-order valence-corrected chi connectivity index (χ2v) is 4.67. The predicted octanol–water partition coefficient (Wildman–Crippen LogP) is 2.17. The smallest absolute Gasteiger partial charge is 0.338 e. The number of aromatic nitrogens is 1. The molecule has 0 saturated heterocycles. The van der Waals surface area contributed by atoms with Gasteiger partial charge in [0.1, 0.15) is 5.82 Å². The van der Waals surface area contributed by atoms with E-state index in [1.165, 1.54) is 7.11 Å². The molecule has 0 aromatic carbocycles. The molecule has 1 aromatic heterocycles. The highest BCUT2D eigenvalue weighted by Crippen LogP contribution is 2.12. The fourth-order valence-corrected chi connectivity index (χ4v) is 1.73. The topological polar surface area (TPSA) is 88.5 Å². The van der Waals surface area contributed by atoms with E-state index in [2.05, 4.69) is 15.0 Å². The first-order chi connectivity index (χ1) is 9.52. The Morgan fingerprint density at radius 2 is 2.20 bits per heavy atom. The van der Waals surface area contributed by atoms with Gasteiger partial charge in [-0.1, -0.05) is 6.92 Å². The molecule has 1 unspecified atom stereocenters. The van der Waals surface area contributed by atoms with Crippen LogP contribution in [0.5, 0.6) is 0 Å². The van der Waals surface area contributed by atoms with Gasteiger partial charge in [0.15, 0.2) is 0 Å². The van der Waals surface area contributed by atoms with Crippen LogP contribution in [0.3, 0.4) is 0 Å². The van der Waals surface area contributed by atoms with Crippen molar-refractivity contribution in [2.24, 2.45) is 5.92 Å². The molecule has 0 aliphatic carbocycles. The van der Waals surface area contributed by atoms with Gasteiger partial charge in [-0.15, -0.1) is 0 Å². The highest BCUT2D eigenvalue weighted by Gasteiger charge is 2.08. The van der Waals surface area contributed by atoms with Crippen molar-refractivity contribution in [2.75, 3.05) is 19.0 Å². The lowest BCUT2D eigenvalue weighted by molar-refractivity contribution is -0.137. The van der Waals surface area contributed by atoms with Crippen molar-refractivity contribution in [1.82, 2.24) is 4.98 Å². The van der Waals surface area contributed by atoms with Crippen molar-refractivity contribution in [3.63, 3.8) is 0 Å². The van der Waals surface area contributed by atoms with E-state index < -0.39 is 11.9 Å². The second-order valence-electron chi connectivity index (χ2n) is 4.67. The van der Waals surface area contributed by atoms with Crippen LogP contribution >= 0.6 is 0 Å². The number of hydrogen-bond donors (Lipinski definition) is 2. The fourth-order valence-electron chi connectivity index (χ4n) is 1.73. The fraction of sp³-hybridized carbons (Fsp3) is 0.500. The summed E-state index contributed by atoms with van der Waals surface area (Å²) >= 11 is 0. The van der Waals surface area contributed by atoms with E-state index in [1.807, 2.05) is 6.92 Å². The number of nitrogens with zero attached hydrogens (tertiary/aromatic N) is 1. The summed E-state index contributed by atoms with van der Waals surface area (Å²) < 4.78 is 4.64. The van der Waals surface area contributed by atoms with E-state index in [0.717, 1.165) is 6.42 Å². The first kappa shape index (κ1) is 15.9. The molecule has 2 N–H and O–H groups in total. The van der Waals surface area contributed by atoms with Gasteiger partial charge in [-0.25, -0.2) is 9.78 Å². The third-order valence-electron chi connectivity index (χ3n) is 2.98. The lowest BCUT2D eigenvalue weighted by Gasteiger charge is -2.11. The van der Waals surface area contributed by atoms with Gasteiger partial charge >= 0.3 is 11.9 Å². The minimum Gasteiger partial charge on any atom is -0.481 e. The molecular weight excluding hydrogens is 260 g/mol. The van der Waals surface area contributed by atoms with Crippen LogP contribution in [0.15, 0.2) is 18.3 Å². The Labute approximate surface area is 118 Å². The maximum absolute atomic E-state index is 11.4. The Kier molecular flexibility index (Phi) is 6.49. The van der Waals surface area contributed by atoms with Crippen molar-refractivity contribution in [3.8, 4) is 0 Å². The highest BCUT2D eigenvalue weighted by atomic mass is 16.5. The molecule has 0 bridgehead atoms. The van der Waals surface area contributed by atoms with Gasteiger partial charge in [0.05, 0.1) is 12.7 Å². The van der Waals surface area contributed by atoms with Gasteiger partial charge in [-0.2, -0.15) is 0 Å². The maximum Gasteiger partial charge on any atom is 0.338 e. The first-order valence-corrected chi connectivity index (χ1v) is 6.53. The summed E-state index contributed by atoms with van der Waals surface area (Å²) in [5.74, 6) is -0.233. The van der Waals surface area contributed by atoms with Gasteiger partial charge in [0.25, 0.3) is 0 Å². The maximum atomic E-state index is 11.4. The Bertz CT molecular complexity index is 462. The van der Waals surface area contributed by atoms with E-state index >= 15 is 0 Å². The number of carboxylic acids is 1. The first-order valence-electron chi connectivity index (χ1n) is 6.53. The number of anilines is 1. The normalized spacial score (nSPS) is 11.7. The molecule has 0 radical (unpaired) electrons. The molecular formula is C14H20N2O4. The van der Waals surface area contributed by atoms with Crippen LogP contribution in [-0.2, 0) is 9.53 Å². The number of rotatable bonds is 8. The van der Waals surface area contributed by atoms with Crippen LogP contribution in [0.25, 0.3) is 0 Å². The summed E-state index contributed by atoms with van der Waals surface area (Å²) in [7, 11) is 1.33. The Morgan fingerprint density at radius 1 is 1.45 bits per heavy atom. The van der Waals surface area contributed by atoms with Crippen LogP contribution in [0.4, 0.5) is 5.82 Å². The number of nitrogens with one attached hydrogen (secondary N) is 1. The number of aliphatic carboxylic acids is 1. The van der Waals surface area contributed by atoms with Crippen molar-refractivity contribution in [3.05, 3.63) is 23.9 Å². The van der Waals surface area contributed by atoms with Crippen molar-refractivity contribution < 1.29 is 19.4 Å². The molecule has 20 heavy (non-hydrogen) atoms. The number of methoxy groups -OCH3 is 1. The Hall–Kier alpha value is -2.11. The molecule has 0 spiro atoms. The highest BCUT2D eigenvalue weighted by molar-refractivity contribution is 5.89. The predicted molar refractivity (Wildman–Crippen MR) is 74.7 cm³/mol. The minimum absolute atomic E-state index is 0.192. The lowest BCUT2D eigenvalue weighted by atomic mass is 10.0. The summed E-state index contributed by atoms with van der Waals surface area (Å²) in [6.45, 7) is 2.70. The van der Waals surface area contributed by atoms with Gasteiger partial charge in [-0.3, -0.25) is 4.79 Å². The average Bonchev–Trinajstić information content (AvgIpc) is 2.44. The molecule has 1 atom stereocenters. The van der Waals surface area contributed by atoms with Gasteiger partial charge < -0.3 is 15.2 Å². The van der Waals surface area contributed by atoms with E-state index in [9.17, 15) is 9.59 Å². The van der Waals surface area contributed by atoms with Crippen molar-refractivity contribution >= 4 is 17.8 Å². The number of carbonyl (C=O) groups is 2. The van der Waals surface area contributed by atoms with Crippen LogP contribution in [-0.4, -0.2) is 35.7 Å². The van der Waals surface area contributed by atoms with E-state index in [0.29, 0.717) is 30.3 Å². The summed E-state index contributed by atoms with van der Waals surface area (Å²) in [5.41, 5.74) is 0.448. The molecule has 110 valence electrons. The molecule has 0 fully saturated rings. The SMILES string of the molecule is COC(=O)c1ccnc(NCCC(C)CCC(=O)O)c1. The Morgan fingerprint density at radius 3 is 2.85 bits per heavy atom. The third-order valence-corrected chi connectivity index (χ3v) is 2.98. The van der Waals surface area contributed by atoms with Gasteiger partial charge in [0, 0.05) is 19.2 Å². The zero-order valence-electron chi connectivity index (χ0n) is 11.8. The number of hydrogen-bond acceptors (Lipinski definition) is 5. The van der Waals surface area contributed by atoms with Crippen LogP contribution in [0.2, 0.25) is 0 Å². The van der Waals surface area contributed by atoms with E-state index in [-0.39, 0.29) is 6.42 Å². The van der Waals surface area contributed by atoms with Crippen LogP contribution in [0.1, 0.15) is 36.5 Å². The molecule has 1 rings (SSSR count). The molecule has 0 aliphatic heterocycles. The van der Waals surface area contributed by atoms with Crippen LogP contribution < -0.4 is 5.32 Å². The molecule has 6 heteroatoms. The number of carboxylic acid groups (broad SMARTS) is 1. The number of carbonyl (C=O) groups excluding carboxylic acids is 1. The van der Waals surface area contributed by atoms with E-state index in [1.54, 1.807) is 18.3 Å². The molecule has 1 aromatic rings. The standard InChI is InChI=1S/C14H20N2O4/c1-10(3-4-13(17)18)5-7-15-12-9-11(6-8-16-12)14(19)20-2/h6,8-10H,3-5,7H2,1-2H3,(H,15,16)(H,17,18). The third kappa shape index (κ3) is 5.69. The summed E-state index contributed by atoms with van der Waals surface area (Å²) in [4.78, 5) is 25.9. The number of ether oxygens (including phenoxy) is 1. The summed E-state index contributed by atoms with van der Waals surface area (Å²) in [6.07, 6.45) is 3.24. The lowest BCUT2D eigenvalue weighted by Crippen LogP contribution is -2.10. The molecule has 0 aliphatic rings. The van der Waals surface area contributed by atoms with E-state index in [4.69, 9.17) is 5.11 Å². The monoisotopic (exact) mass is 280 g/mol. The minimum atomic E-state index is -0.766. The van der Waals surface area contributed by atoms with Crippen molar-refractivity contribution in [2.45, 2.75) is 26.2 Å². The zero-order chi connectivity index (χ0) is 15.0. The van der Waals surface area contributed by atoms with Crippen molar-refractivity contribution in [1.29, 1.82) is 0 Å². The quantitative estimate of drug-likeness (QED) is 0.709. The van der Waals surface area contributed by atoms with Gasteiger partial charge in [-0.05, 0) is 30.9 Å². The molecule has 6 nitrogen and oxygen atoms in total. The Balaban J connectivity index is 2.38. The molecule has 0 saturated carbocycles. The largest absolute Gasteiger partial charge is 0.481 e. The summed E-state index contributed by atoms with van der Waals surface area (Å²) in [5, 5.41) is 11.7. The second kappa shape index (κ2) is 8.14. The van der Waals surface area contributed by atoms with Crippen LogP contribution in [0, 0.1) is 5.92 Å². The van der Waals surface area contributed by atoms with Gasteiger partial charge in [0.2, 0.25) is 0 Å². The molecule has 0 amide bonds. The molecule has 1 heterocycles. The number of esters is 1. The summed E-state index contributed by atoms with van der Waals surface area (Å²) in [6, 6.07) is 3.22. The average molecular weight is 280 g/mol. The number of pyridine rings is 1.